The Balaban J connectivity index is 1.63. The van der Waals surface area contributed by atoms with Crippen molar-refractivity contribution in [1.29, 1.82) is 0 Å². The molecule has 0 unspecified atom stereocenters. The number of carbonyl (C=O) groups is 1. The maximum absolute atomic E-state index is 12.9. The number of halogens is 1. The number of piperidine rings is 1. The van der Waals surface area contributed by atoms with E-state index in [1.807, 2.05) is 0 Å². The highest BCUT2D eigenvalue weighted by Crippen LogP contribution is 2.20. The molecule has 1 saturated heterocycles. The highest BCUT2D eigenvalue weighted by molar-refractivity contribution is 6.04. The summed E-state index contributed by atoms with van der Waals surface area (Å²) in [4.78, 5) is 22.9. The molecule has 1 aromatic carbocycles. The molecule has 0 bridgehead atoms. The van der Waals surface area contributed by atoms with E-state index in [1.165, 1.54) is 24.3 Å². The Morgan fingerprint density at radius 3 is 2.39 bits per heavy atom. The van der Waals surface area contributed by atoms with Crippen molar-refractivity contribution in [1.82, 2.24) is 9.97 Å². The lowest BCUT2D eigenvalue weighted by Gasteiger charge is -2.30. The maximum atomic E-state index is 12.9. The molecule has 2 aromatic rings. The van der Waals surface area contributed by atoms with E-state index in [9.17, 15) is 9.18 Å². The van der Waals surface area contributed by atoms with Gasteiger partial charge in [0.2, 0.25) is 5.95 Å². The van der Waals surface area contributed by atoms with Gasteiger partial charge >= 0.3 is 0 Å². The molecule has 120 valence electrons. The molecule has 5 nitrogen and oxygen atoms in total. The van der Waals surface area contributed by atoms with Gasteiger partial charge in [0.05, 0.1) is 18.1 Å². The molecule has 1 aromatic heterocycles. The van der Waals surface area contributed by atoms with E-state index < -0.39 is 0 Å². The van der Waals surface area contributed by atoms with E-state index in [2.05, 4.69) is 27.1 Å². The predicted molar refractivity (Wildman–Crippen MR) is 87.0 cm³/mol. The van der Waals surface area contributed by atoms with Crippen molar-refractivity contribution in [3.63, 3.8) is 0 Å². The number of hydrogen-bond donors (Lipinski definition) is 1. The second-order valence-corrected chi connectivity index (χ2v) is 5.90. The zero-order valence-electron chi connectivity index (χ0n) is 13.0. The van der Waals surface area contributed by atoms with Crippen LogP contribution >= 0.6 is 0 Å². The molecule has 1 amide bonds. The molecule has 23 heavy (non-hydrogen) atoms. The maximum Gasteiger partial charge on any atom is 0.255 e. The smallest absolute Gasteiger partial charge is 0.255 e. The van der Waals surface area contributed by atoms with Gasteiger partial charge in [0, 0.05) is 18.7 Å². The van der Waals surface area contributed by atoms with E-state index in [0.29, 0.717) is 17.2 Å². The number of nitrogens with zero attached hydrogens (tertiary/aromatic N) is 3. The lowest BCUT2D eigenvalue weighted by molar-refractivity contribution is 0.102. The Morgan fingerprint density at radius 2 is 1.78 bits per heavy atom. The highest BCUT2D eigenvalue weighted by Gasteiger charge is 2.17. The lowest BCUT2D eigenvalue weighted by atomic mass is 10.00. The van der Waals surface area contributed by atoms with Gasteiger partial charge < -0.3 is 10.2 Å². The van der Waals surface area contributed by atoms with Gasteiger partial charge in [0.1, 0.15) is 5.82 Å². The van der Waals surface area contributed by atoms with Crippen LogP contribution in [0.4, 0.5) is 16.0 Å². The number of nitrogens with one attached hydrogen (secondary N) is 1. The molecule has 1 N–H and O–H groups in total. The molecule has 6 heteroatoms. The Bertz CT molecular complexity index is 664. The van der Waals surface area contributed by atoms with Gasteiger partial charge in [-0.05, 0) is 43.0 Å². The first-order chi connectivity index (χ1) is 11.1. The topological polar surface area (TPSA) is 58.1 Å². The Labute approximate surface area is 134 Å². The Morgan fingerprint density at radius 1 is 1.17 bits per heavy atom. The quantitative estimate of drug-likeness (QED) is 0.946. The molecule has 0 radical (unpaired) electrons. The van der Waals surface area contributed by atoms with Crippen LogP contribution in [0, 0.1) is 11.7 Å². The number of carbonyl (C=O) groups excluding carboxylic acids is 1. The molecule has 1 fully saturated rings. The minimum absolute atomic E-state index is 0.312. The Kier molecular flexibility index (Phi) is 4.50. The first-order valence-electron chi connectivity index (χ1n) is 7.76. The Hall–Kier alpha value is -2.50. The molecule has 0 spiro atoms. The van der Waals surface area contributed by atoms with Gasteiger partial charge in [-0.15, -0.1) is 0 Å². The predicted octanol–water partition coefficient (Wildman–Crippen LogP) is 3.10. The molecular formula is C17H19FN4O. The summed E-state index contributed by atoms with van der Waals surface area (Å²) in [7, 11) is 0. The normalized spacial score (nSPS) is 15.5. The van der Waals surface area contributed by atoms with Gasteiger partial charge in [0.15, 0.2) is 0 Å². The van der Waals surface area contributed by atoms with Crippen molar-refractivity contribution in [2.24, 2.45) is 5.92 Å². The molecule has 2 heterocycles. The van der Waals surface area contributed by atoms with Crippen LogP contribution in [-0.4, -0.2) is 29.0 Å². The van der Waals surface area contributed by atoms with E-state index in [4.69, 9.17) is 0 Å². The largest absolute Gasteiger partial charge is 0.341 e. The average Bonchev–Trinajstić information content (AvgIpc) is 2.57. The molecule has 0 atom stereocenters. The van der Waals surface area contributed by atoms with Crippen molar-refractivity contribution in [2.45, 2.75) is 19.8 Å². The fraction of sp³-hybridized carbons (Fsp3) is 0.353. The summed E-state index contributed by atoms with van der Waals surface area (Å²) >= 11 is 0. The number of rotatable bonds is 3. The molecular weight excluding hydrogens is 295 g/mol. The fourth-order valence-corrected chi connectivity index (χ4v) is 2.56. The number of aromatic nitrogens is 2. The van der Waals surface area contributed by atoms with E-state index in [0.717, 1.165) is 31.8 Å². The van der Waals surface area contributed by atoms with Crippen molar-refractivity contribution in [3.8, 4) is 0 Å². The highest BCUT2D eigenvalue weighted by atomic mass is 19.1. The van der Waals surface area contributed by atoms with E-state index in [-0.39, 0.29) is 11.7 Å². The summed E-state index contributed by atoms with van der Waals surface area (Å²) in [6.45, 7) is 4.18. The zero-order valence-corrected chi connectivity index (χ0v) is 13.0. The monoisotopic (exact) mass is 314 g/mol. The number of amides is 1. The standard InChI is InChI=1S/C17H19FN4O/c1-12-6-8-22(9-7-12)17-19-10-15(11-20-17)21-16(23)13-2-4-14(18)5-3-13/h2-5,10-12H,6-9H2,1H3,(H,21,23). The fourth-order valence-electron chi connectivity index (χ4n) is 2.56. The summed E-state index contributed by atoms with van der Waals surface area (Å²) in [5.74, 6) is 0.760. The third-order valence-electron chi connectivity index (χ3n) is 4.07. The van der Waals surface area contributed by atoms with Gasteiger partial charge in [-0.2, -0.15) is 0 Å². The second-order valence-electron chi connectivity index (χ2n) is 5.90. The number of anilines is 2. The zero-order chi connectivity index (χ0) is 16.2. The van der Waals surface area contributed by atoms with Crippen LogP contribution in [-0.2, 0) is 0 Å². The lowest BCUT2D eigenvalue weighted by Crippen LogP contribution is -2.34. The first-order valence-corrected chi connectivity index (χ1v) is 7.76. The van der Waals surface area contributed by atoms with Gasteiger partial charge in [0.25, 0.3) is 5.91 Å². The third-order valence-corrected chi connectivity index (χ3v) is 4.07. The summed E-state index contributed by atoms with van der Waals surface area (Å²) in [6.07, 6.45) is 5.49. The number of hydrogen-bond acceptors (Lipinski definition) is 4. The van der Waals surface area contributed by atoms with Crippen LogP contribution in [0.3, 0.4) is 0 Å². The van der Waals surface area contributed by atoms with Crippen LogP contribution in [0.5, 0.6) is 0 Å². The summed E-state index contributed by atoms with van der Waals surface area (Å²) in [5.41, 5.74) is 0.911. The molecule has 1 aliphatic heterocycles. The van der Waals surface area contributed by atoms with Gasteiger partial charge in [-0.1, -0.05) is 6.92 Å². The van der Waals surface area contributed by atoms with Crippen LogP contribution in [0.2, 0.25) is 0 Å². The van der Waals surface area contributed by atoms with Crippen molar-refractivity contribution in [3.05, 3.63) is 48.0 Å². The van der Waals surface area contributed by atoms with Crippen LogP contribution in [0.15, 0.2) is 36.7 Å². The molecule has 0 aliphatic carbocycles. The van der Waals surface area contributed by atoms with Crippen molar-refractivity contribution < 1.29 is 9.18 Å². The molecule has 0 saturated carbocycles. The summed E-state index contributed by atoms with van der Waals surface area (Å²) in [5, 5.41) is 2.71. The summed E-state index contributed by atoms with van der Waals surface area (Å²) < 4.78 is 12.9. The number of benzene rings is 1. The van der Waals surface area contributed by atoms with Crippen LogP contribution in [0.1, 0.15) is 30.1 Å². The van der Waals surface area contributed by atoms with Crippen LogP contribution < -0.4 is 10.2 Å². The first kappa shape index (κ1) is 15.4. The average molecular weight is 314 g/mol. The van der Waals surface area contributed by atoms with Crippen LogP contribution in [0.25, 0.3) is 0 Å². The second kappa shape index (κ2) is 6.73. The summed E-state index contributed by atoms with van der Waals surface area (Å²) in [6, 6.07) is 5.39. The van der Waals surface area contributed by atoms with Gasteiger partial charge in [-0.3, -0.25) is 4.79 Å². The van der Waals surface area contributed by atoms with Gasteiger partial charge in [-0.25, -0.2) is 14.4 Å². The van der Waals surface area contributed by atoms with E-state index in [1.54, 1.807) is 12.4 Å². The van der Waals surface area contributed by atoms with Crippen molar-refractivity contribution in [2.75, 3.05) is 23.3 Å². The minimum atomic E-state index is -0.370. The molecule has 1 aliphatic rings. The molecule has 3 rings (SSSR count). The SMILES string of the molecule is CC1CCN(c2ncc(NC(=O)c3ccc(F)cc3)cn2)CC1. The third kappa shape index (κ3) is 3.83. The van der Waals surface area contributed by atoms with Crippen molar-refractivity contribution >= 4 is 17.5 Å². The minimum Gasteiger partial charge on any atom is -0.341 e. The van der Waals surface area contributed by atoms with E-state index >= 15 is 0 Å².